The van der Waals surface area contributed by atoms with Gasteiger partial charge in [-0.1, -0.05) is 43.3 Å². The van der Waals surface area contributed by atoms with Gasteiger partial charge >= 0.3 is 0 Å². The Kier molecular flexibility index (Phi) is 5.30. The third-order valence-electron chi connectivity index (χ3n) is 3.25. The molecule has 0 bridgehead atoms. The van der Waals surface area contributed by atoms with E-state index in [4.69, 9.17) is 10.1 Å². The molecule has 1 N–H and O–H groups in total. The summed E-state index contributed by atoms with van der Waals surface area (Å²) in [5.74, 6) is 0.794. The lowest BCUT2D eigenvalue weighted by Gasteiger charge is -2.10. The number of rotatable bonds is 7. The predicted octanol–water partition coefficient (Wildman–Crippen LogP) is 3.73. The van der Waals surface area contributed by atoms with E-state index in [-0.39, 0.29) is 5.92 Å². The van der Waals surface area contributed by atoms with E-state index >= 15 is 0 Å². The number of nitrogens with zero attached hydrogens (tertiary/aromatic N) is 1. The van der Waals surface area contributed by atoms with Gasteiger partial charge in [0.15, 0.2) is 0 Å². The van der Waals surface area contributed by atoms with Crippen LogP contribution in [-0.2, 0) is 6.42 Å². The molecule has 0 saturated carbocycles. The zero-order valence-corrected chi connectivity index (χ0v) is 11.8. The normalized spacial score (nSPS) is 11.8. The summed E-state index contributed by atoms with van der Waals surface area (Å²) in [4.78, 5) is 4.32. The SMILES string of the molecule is CC[C@H](C=N)COc1ccc(Cc2ccccc2)cn1. The molecule has 1 aromatic heterocycles. The maximum atomic E-state index is 7.26. The van der Waals surface area contributed by atoms with Crippen molar-refractivity contribution in [2.75, 3.05) is 6.61 Å². The van der Waals surface area contributed by atoms with E-state index in [1.165, 1.54) is 17.3 Å². The summed E-state index contributed by atoms with van der Waals surface area (Å²) in [6.07, 6.45) is 5.08. The predicted molar refractivity (Wildman–Crippen MR) is 81.5 cm³/mol. The molecular weight excluding hydrogens is 248 g/mol. The highest BCUT2D eigenvalue weighted by atomic mass is 16.5. The van der Waals surface area contributed by atoms with Crippen LogP contribution >= 0.6 is 0 Å². The van der Waals surface area contributed by atoms with Crippen LogP contribution in [0, 0.1) is 11.3 Å². The van der Waals surface area contributed by atoms with Crippen LogP contribution in [0.4, 0.5) is 0 Å². The van der Waals surface area contributed by atoms with Crippen molar-refractivity contribution in [2.45, 2.75) is 19.8 Å². The molecule has 2 aromatic rings. The van der Waals surface area contributed by atoms with E-state index in [1.54, 1.807) is 0 Å². The van der Waals surface area contributed by atoms with Crippen molar-refractivity contribution >= 4 is 6.21 Å². The lowest BCUT2D eigenvalue weighted by atomic mass is 10.1. The van der Waals surface area contributed by atoms with Crippen LogP contribution in [0.2, 0.25) is 0 Å². The minimum atomic E-state index is 0.167. The van der Waals surface area contributed by atoms with Gasteiger partial charge in [-0.25, -0.2) is 4.98 Å². The largest absolute Gasteiger partial charge is 0.477 e. The molecule has 1 aromatic carbocycles. The number of hydrogen-bond acceptors (Lipinski definition) is 3. The Morgan fingerprint density at radius 3 is 2.55 bits per heavy atom. The van der Waals surface area contributed by atoms with Crippen LogP contribution in [-0.4, -0.2) is 17.8 Å². The summed E-state index contributed by atoms with van der Waals surface area (Å²) in [7, 11) is 0. The highest BCUT2D eigenvalue weighted by Gasteiger charge is 2.04. The Morgan fingerprint density at radius 1 is 1.15 bits per heavy atom. The molecule has 3 heteroatoms. The Morgan fingerprint density at radius 2 is 1.95 bits per heavy atom. The first-order valence-corrected chi connectivity index (χ1v) is 6.94. The van der Waals surface area contributed by atoms with Crippen molar-refractivity contribution in [3.63, 3.8) is 0 Å². The molecule has 1 heterocycles. The van der Waals surface area contributed by atoms with E-state index < -0.39 is 0 Å². The average Bonchev–Trinajstić information content (AvgIpc) is 2.51. The number of hydrogen-bond donors (Lipinski definition) is 1. The maximum Gasteiger partial charge on any atom is 0.213 e. The molecule has 2 rings (SSSR count). The Bertz CT molecular complexity index is 522. The number of aromatic nitrogens is 1. The molecule has 0 aliphatic carbocycles. The molecule has 1 atom stereocenters. The van der Waals surface area contributed by atoms with Gasteiger partial charge in [-0.2, -0.15) is 0 Å². The van der Waals surface area contributed by atoms with Crippen LogP contribution in [0.5, 0.6) is 5.88 Å². The zero-order valence-electron chi connectivity index (χ0n) is 11.8. The Hall–Kier alpha value is -2.16. The van der Waals surface area contributed by atoms with Gasteiger partial charge in [0.05, 0.1) is 6.61 Å². The van der Waals surface area contributed by atoms with Gasteiger partial charge in [-0.15, -0.1) is 0 Å². The van der Waals surface area contributed by atoms with Crippen LogP contribution in [0.3, 0.4) is 0 Å². The second-order valence-corrected chi connectivity index (χ2v) is 4.81. The quantitative estimate of drug-likeness (QED) is 0.778. The van der Waals surface area contributed by atoms with E-state index in [1.807, 2.05) is 36.5 Å². The summed E-state index contributed by atoms with van der Waals surface area (Å²) >= 11 is 0. The maximum absolute atomic E-state index is 7.26. The van der Waals surface area contributed by atoms with E-state index in [9.17, 15) is 0 Å². The second-order valence-electron chi connectivity index (χ2n) is 4.81. The lowest BCUT2D eigenvalue weighted by molar-refractivity contribution is 0.273. The minimum absolute atomic E-state index is 0.167. The fourth-order valence-corrected chi connectivity index (χ4v) is 1.91. The van der Waals surface area contributed by atoms with Gasteiger partial charge < -0.3 is 10.1 Å². The average molecular weight is 268 g/mol. The third kappa shape index (κ3) is 4.19. The monoisotopic (exact) mass is 268 g/mol. The standard InChI is InChI=1S/C17H20N2O/c1-2-14(11-18)13-20-17-9-8-16(12-19-17)10-15-6-4-3-5-7-15/h3-9,11-12,14,18H,2,10,13H2,1H3/t14-/m1/s1. The molecule has 0 unspecified atom stereocenters. The first-order valence-electron chi connectivity index (χ1n) is 6.94. The van der Waals surface area contributed by atoms with Crippen molar-refractivity contribution in [1.82, 2.24) is 4.98 Å². The van der Waals surface area contributed by atoms with Crippen LogP contribution in [0.25, 0.3) is 0 Å². The molecule has 3 nitrogen and oxygen atoms in total. The molecule has 0 aliphatic heterocycles. The van der Waals surface area contributed by atoms with Crippen LogP contribution in [0.1, 0.15) is 24.5 Å². The number of ether oxygens (including phenoxy) is 1. The first-order chi connectivity index (χ1) is 9.81. The summed E-state index contributed by atoms with van der Waals surface area (Å²) in [5, 5.41) is 7.26. The Labute approximate surface area is 120 Å². The molecule has 0 fully saturated rings. The zero-order chi connectivity index (χ0) is 14.2. The molecule has 0 saturated heterocycles. The third-order valence-corrected chi connectivity index (χ3v) is 3.25. The van der Waals surface area contributed by atoms with Crippen molar-refractivity contribution < 1.29 is 4.74 Å². The van der Waals surface area contributed by atoms with Crippen molar-refractivity contribution in [3.8, 4) is 5.88 Å². The number of benzene rings is 1. The van der Waals surface area contributed by atoms with Gasteiger partial charge in [0.1, 0.15) is 0 Å². The van der Waals surface area contributed by atoms with E-state index in [2.05, 4.69) is 24.0 Å². The minimum Gasteiger partial charge on any atom is -0.477 e. The molecule has 0 amide bonds. The number of nitrogens with one attached hydrogen (secondary N) is 1. The topological polar surface area (TPSA) is 46.0 Å². The second kappa shape index (κ2) is 7.43. The van der Waals surface area contributed by atoms with Gasteiger partial charge in [-0.3, -0.25) is 0 Å². The first kappa shape index (κ1) is 14.3. The molecule has 0 aliphatic rings. The highest BCUT2D eigenvalue weighted by Crippen LogP contribution is 2.13. The molecule has 0 spiro atoms. The van der Waals surface area contributed by atoms with Crippen LogP contribution < -0.4 is 4.74 Å². The highest BCUT2D eigenvalue weighted by molar-refractivity contribution is 5.56. The molecule has 20 heavy (non-hydrogen) atoms. The summed E-state index contributed by atoms with van der Waals surface area (Å²) in [6, 6.07) is 14.3. The van der Waals surface area contributed by atoms with Gasteiger partial charge in [-0.05, 0) is 24.0 Å². The van der Waals surface area contributed by atoms with E-state index in [0.29, 0.717) is 12.5 Å². The van der Waals surface area contributed by atoms with Gasteiger partial charge in [0.2, 0.25) is 5.88 Å². The fraction of sp³-hybridized carbons (Fsp3) is 0.294. The Balaban J connectivity index is 1.91. The summed E-state index contributed by atoms with van der Waals surface area (Å²) in [6.45, 7) is 2.57. The van der Waals surface area contributed by atoms with Crippen molar-refractivity contribution in [2.24, 2.45) is 5.92 Å². The summed E-state index contributed by atoms with van der Waals surface area (Å²) < 4.78 is 5.59. The van der Waals surface area contributed by atoms with Gasteiger partial charge in [0.25, 0.3) is 0 Å². The van der Waals surface area contributed by atoms with Gasteiger partial charge in [0, 0.05) is 24.4 Å². The molecule has 0 radical (unpaired) electrons. The van der Waals surface area contributed by atoms with Crippen molar-refractivity contribution in [3.05, 3.63) is 59.8 Å². The smallest absolute Gasteiger partial charge is 0.213 e. The lowest BCUT2D eigenvalue weighted by Crippen LogP contribution is -2.12. The molecule has 104 valence electrons. The molecular formula is C17H20N2O. The number of pyridine rings is 1. The summed E-state index contributed by atoms with van der Waals surface area (Å²) in [5.41, 5.74) is 2.44. The fourth-order valence-electron chi connectivity index (χ4n) is 1.91. The van der Waals surface area contributed by atoms with Crippen LogP contribution in [0.15, 0.2) is 48.7 Å². The van der Waals surface area contributed by atoms with E-state index in [0.717, 1.165) is 12.8 Å². The van der Waals surface area contributed by atoms with Crippen molar-refractivity contribution in [1.29, 1.82) is 5.41 Å².